The van der Waals surface area contributed by atoms with Crippen molar-refractivity contribution in [1.29, 1.82) is 0 Å². The van der Waals surface area contributed by atoms with Gasteiger partial charge in [-0.25, -0.2) is 9.97 Å². The zero-order valence-electron chi connectivity index (χ0n) is 24.9. The predicted octanol–water partition coefficient (Wildman–Crippen LogP) is 11.6. The van der Waals surface area contributed by atoms with Gasteiger partial charge in [-0.1, -0.05) is 103 Å². The second-order valence-corrected chi connectivity index (χ2v) is 13.2. The largest absolute Gasteiger partial charge is 0.456 e. The number of hydrogen-bond acceptors (Lipinski definition) is 4. The highest BCUT2D eigenvalue weighted by atomic mass is 32.2. The number of furan rings is 1. The molecule has 0 aliphatic carbocycles. The molecule has 5 heteroatoms. The van der Waals surface area contributed by atoms with Gasteiger partial charge in [0.1, 0.15) is 11.2 Å². The minimum atomic E-state index is 0.681. The Balaban J connectivity index is 1.15. The second-order valence-electron chi connectivity index (χ2n) is 12.2. The van der Waals surface area contributed by atoms with Gasteiger partial charge in [-0.3, -0.25) is 4.57 Å². The maximum atomic E-state index is 6.11. The minimum Gasteiger partial charge on any atom is -0.456 e. The van der Waals surface area contributed by atoms with Gasteiger partial charge in [0.25, 0.3) is 0 Å². The van der Waals surface area contributed by atoms with Gasteiger partial charge in [0.2, 0.25) is 5.95 Å². The Morgan fingerprint density at radius 3 is 2.21 bits per heavy atom. The fourth-order valence-electron chi connectivity index (χ4n) is 7.44. The first kappa shape index (κ1) is 25.3. The molecule has 0 fully saturated rings. The Labute approximate surface area is 272 Å². The van der Waals surface area contributed by atoms with Crippen LogP contribution < -0.4 is 0 Å². The Hall–Kier alpha value is -5.91. The van der Waals surface area contributed by atoms with Crippen molar-refractivity contribution < 1.29 is 4.42 Å². The van der Waals surface area contributed by atoms with E-state index in [4.69, 9.17) is 14.4 Å². The molecule has 0 saturated heterocycles. The maximum absolute atomic E-state index is 6.11. The van der Waals surface area contributed by atoms with Crippen molar-refractivity contribution in [3.63, 3.8) is 0 Å². The summed E-state index contributed by atoms with van der Waals surface area (Å²) in [5.74, 6) is 0.681. The van der Waals surface area contributed by atoms with Gasteiger partial charge in [0, 0.05) is 42.3 Å². The number of rotatable bonds is 2. The molecule has 10 aromatic rings. The molecular formula is C42H23N3OS. The van der Waals surface area contributed by atoms with E-state index in [-0.39, 0.29) is 0 Å². The number of hydrogen-bond donors (Lipinski definition) is 0. The monoisotopic (exact) mass is 617 g/mol. The van der Waals surface area contributed by atoms with Crippen molar-refractivity contribution in [3.8, 4) is 28.3 Å². The molecule has 47 heavy (non-hydrogen) atoms. The van der Waals surface area contributed by atoms with Crippen molar-refractivity contribution in [1.82, 2.24) is 14.5 Å². The third-order valence-electron chi connectivity index (χ3n) is 9.60. The molecule has 0 amide bonds. The van der Waals surface area contributed by atoms with Crippen molar-refractivity contribution in [2.45, 2.75) is 9.79 Å². The third kappa shape index (κ3) is 3.55. The van der Waals surface area contributed by atoms with Crippen LogP contribution in [-0.2, 0) is 0 Å². The van der Waals surface area contributed by atoms with Crippen molar-refractivity contribution in [2.75, 3.05) is 0 Å². The van der Waals surface area contributed by atoms with E-state index in [1.807, 2.05) is 23.9 Å². The molecule has 0 N–H and O–H groups in total. The molecule has 7 aromatic carbocycles. The van der Waals surface area contributed by atoms with Gasteiger partial charge in [-0.05, 0) is 70.4 Å². The first-order valence-corrected chi connectivity index (χ1v) is 16.6. The summed E-state index contributed by atoms with van der Waals surface area (Å²) >= 11 is 1.82. The molecule has 0 radical (unpaired) electrons. The summed E-state index contributed by atoms with van der Waals surface area (Å²) < 4.78 is 8.34. The van der Waals surface area contributed by atoms with E-state index in [2.05, 4.69) is 132 Å². The summed E-state index contributed by atoms with van der Waals surface area (Å²) in [5.41, 5.74) is 9.40. The molecule has 218 valence electrons. The zero-order valence-corrected chi connectivity index (χ0v) is 25.8. The Morgan fingerprint density at radius 2 is 1.28 bits per heavy atom. The van der Waals surface area contributed by atoms with Crippen LogP contribution in [0, 0.1) is 0 Å². The molecule has 0 unspecified atom stereocenters. The van der Waals surface area contributed by atoms with E-state index >= 15 is 0 Å². The summed E-state index contributed by atoms with van der Waals surface area (Å²) in [5, 5.41) is 8.22. The lowest BCUT2D eigenvalue weighted by Crippen LogP contribution is -2.05. The summed E-state index contributed by atoms with van der Waals surface area (Å²) in [6, 6.07) is 49.5. The highest BCUT2D eigenvalue weighted by molar-refractivity contribution is 8.00. The Kier molecular flexibility index (Phi) is 5.02. The van der Waals surface area contributed by atoms with Crippen molar-refractivity contribution >= 4 is 77.2 Å². The van der Waals surface area contributed by atoms with E-state index in [0.717, 1.165) is 66.3 Å². The van der Waals surface area contributed by atoms with Crippen LogP contribution in [0.1, 0.15) is 0 Å². The molecule has 4 nitrogen and oxygen atoms in total. The quantitative estimate of drug-likeness (QED) is 0.194. The number of nitrogens with zero attached hydrogens (tertiary/aromatic N) is 3. The van der Waals surface area contributed by atoms with Crippen LogP contribution in [-0.4, -0.2) is 14.5 Å². The summed E-state index contributed by atoms with van der Waals surface area (Å²) in [6.07, 6.45) is 0. The molecule has 0 atom stereocenters. The lowest BCUT2D eigenvalue weighted by Gasteiger charge is -2.21. The molecule has 3 aromatic heterocycles. The first-order chi connectivity index (χ1) is 23.3. The fourth-order valence-corrected chi connectivity index (χ4v) is 8.68. The molecular weight excluding hydrogens is 595 g/mol. The summed E-state index contributed by atoms with van der Waals surface area (Å²) in [6.45, 7) is 0. The molecule has 4 heterocycles. The standard InChI is InChI=1S/C42H23N3OS/c1-2-9-27-24(8-1)16-19-30-40-39-33(12-7-15-38(39)47-41(27)30)43-42(44-40)45-34-13-5-3-10-28(34)31-22-25(17-20-35(31)45)26-18-21-37-32(23-26)29-11-4-6-14-36(29)46-37/h1-23H. The Morgan fingerprint density at radius 1 is 0.532 bits per heavy atom. The van der Waals surface area contributed by atoms with Crippen LogP contribution in [0.3, 0.4) is 0 Å². The van der Waals surface area contributed by atoms with Crippen LogP contribution in [0.15, 0.2) is 154 Å². The topological polar surface area (TPSA) is 43.9 Å². The SMILES string of the molecule is c1ccc2c3c(ccc2c1)-c1nc(-n2c4ccccc4c4cc(-c5ccc6oc7ccccc7c6c5)ccc42)nc2cccc(c12)S3. The van der Waals surface area contributed by atoms with Crippen LogP contribution in [0.25, 0.3) is 93.8 Å². The number of para-hydroxylation sites is 2. The molecule has 0 spiro atoms. The van der Waals surface area contributed by atoms with Crippen LogP contribution >= 0.6 is 11.8 Å². The summed E-state index contributed by atoms with van der Waals surface area (Å²) in [7, 11) is 0. The van der Waals surface area contributed by atoms with E-state index in [9.17, 15) is 0 Å². The molecule has 0 saturated carbocycles. The number of fused-ring (bicyclic) bond motifs is 10. The molecule has 1 aliphatic heterocycles. The van der Waals surface area contributed by atoms with Gasteiger partial charge in [0.05, 0.1) is 22.2 Å². The highest BCUT2D eigenvalue weighted by Gasteiger charge is 2.25. The molecule has 0 bridgehead atoms. The van der Waals surface area contributed by atoms with Crippen LogP contribution in [0.2, 0.25) is 0 Å². The number of aromatic nitrogens is 3. The van der Waals surface area contributed by atoms with Gasteiger partial charge < -0.3 is 4.42 Å². The number of benzene rings is 7. The molecule has 1 aliphatic rings. The maximum Gasteiger partial charge on any atom is 0.235 e. The lowest BCUT2D eigenvalue weighted by molar-refractivity contribution is 0.669. The van der Waals surface area contributed by atoms with E-state index in [1.165, 1.54) is 31.3 Å². The van der Waals surface area contributed by atoms with Gasteiger partial charge in [0.15, 0.2) is 0 Å². The predicted molar refractivity (Wildman–Crippen MR) is 194 cm³/mol. The fraction of sp³-hybridized carbons (Fsp3) is 0. The average Bonchev–Trinajstić information content (AvgIpc) is 3.66. The van der Waals surface area contributed by atoms with Gasteiger partial charge in [-0.15, -0.1) is 0 Å². The second kappa shape index (κ2) is 9.32. The Bertz CT molecular complexity index is 2950. The van der Waals surface area contributed by atoms with E-state index < -0.39 is 0 Å². The smallest absolute Gasteiger partial charge is 0.235 e. The van der Waals surface area contributed by atoms with Gasteiger partial charge in [-0.2, -0.15) is 0 Å². The lowest BCUT2D eigenvalue weighted by atomic mass is 10.0. The van der Waals surface area contributed by atoms with Crippen LogP contribution in [0.5, 0.6) is 0 Å². The van der Waals surface area contributed by atoms with Crippen molar-refractivity contribution in [2.24, 2.45) is 0 Å². The van der Waals surface area contributed by atoms with E-state index in [0.29, 0.717) is 5.95 Å². The van der Waals surface area contributed by atoms with Crippen molar-refractivity contribution in [3.05, 3.63) is 140 Å². The highest BCUT2D eigenvalue weighted by Crippen LogP contribution is 2.49. The zero-order chi connectivity index (χ0) is 30.6. The average molecular weight is 618 g/mol. The summed E-state index contributed by atoms with van der Waals surface area (Å²) in [4.78, 5) is 13.1. The normalized spacial score (nSPS) is 12.6. The third-order valence-corrected chi connectivity index (χ3v) is 10.8. The minimum absolute atomic E-state index is 0.681. The van der Waals surface area contributed by atoms with Gasteiger partial charge >= 0.3 is 0 Å². The molecule has 11 rings (SSSR count). The first-order valence-electron chi connectivity index (χ1n) is 15.7. The van der Waals surface area contributed by atoms with E-state index in [1.54, 1.807) is 0 Å². The van der Waals surface area contributed by atoms with Crippen LogP contribution in [0.4, 0.5) is 0 Å².